The molecule has 7 heteroatoms. The molecule has 4 aromatic rings. The van der Waals surface area contributed by atoms with Crippen LogP contribution in [0.2, 0.25) is 0 Å². The first-order valence-corrected chi connectivity index (χ1v) is 16.6. The highest BCUT2D eigenvalue weighted by molar-refractivity contribution is 5.94. The molecule has 0 spiro atoms. The second-order valence-corrected chi connectivity index (χ2v) is 13.5. The van der Waals surface area contributed by atoms with Gasteiger partial charge in [0.2, 0.25) is 0 Å². The molecule has 1 amide bonds. The fourth-order valence-corrected chi connectivity index (χ4v) is 6.84. The predicted molar refractivity (Wildman–Crippen MR) is 184 cm³/mol. The van der Waals surface area contributed by atoms with Crippen LogP contribution in [0.25, 0.3) is 11.1 Å². The Bertz CT molecular complexity index is 1620. The highest BCUT2D eigenvalue weighted by Gasteiger charge is 2.29. The minimum Gasteiger partial charge on any atom is -0.348 e. The maximum Gasteiger partial charge on any atom is 0.251 e. The molecule has 2 aliphatic rings. The van der Waals surface area contributed by atoms with Gasteiger partial charge in [-0.25, -0.2) is 4.39 Å². The van der Waals surface area contributed by atoms with Crippen molar-refractivity contribution in [2.45, 2.75) is 39.1 Å². The summed E-state index contributed by atoms with van der Waals surface area (Å²) in [4.78, 5) is 18.1. The molecular formula is C39H47FN5O+. The highest BCUT2D eigenvalue weighted by atomic mass is 19.1. The third-order valence-electron chi connectivity index (χ3n) is 9.50. The molecule has 6 rings (SSSR count). The molecule has 46 heavy (non-hydrogen) atoms. The summed E-state index contributed by atoms with van der Waals surface area (Å²) in [5, 5.41) is 6.54. The molecule has 1 unspecified atom stereocenters. The van der Waals surface area contributed by atoms with Crippen molar-refractivity contribution in [3.63, 3.8) is 0 Å². The molecule has 1 atom stereocenters. The average Bonchev–Trinajstić information content (AvgIpc) is 3.06. The van der Waals surface area contributed by atoms with Gasteiger partial charge in [-0.3, -0.25) is 14.6 Å². The zero-order valence-electron chi connectivity index (χ0n) is 27.2. The van der Waals surface area contributed by atoms with Crippen LogP contribution >= 0.6 is 0 Å². The Morgan fingerprint density at radius 2 is 1.54 bits per heavy atom. The summed E-state index contributed by atoms with van der Waals surface area (Å²) in [6.45, 7) is 12.5. The lowest BCUT2D eigenvalue weighted by Gasteiger charge is -2.42. The third-order valence-corrected chi connectivity index (χ3v) is 9.50. The molecular weight excluding hydrogens is 573 g/mol. The summed E-state index contributed by atoms with van der Waals surface area (Å²) in [6, 6.07) is 32.4. The molecule has 0 aliphatic carbocycles. The molecule has 4 aromatic carbocycles. The van der Waals surface area contributed by atoms with E-state index < -0.39 is 0 Å². The fourth-order valence-electron chi connectivity index (χ4n) is 6.84. The van der Waals surface area contributed by atoms with E-state index in [1.54, 1.807) is 6.07 Å². The van der Waals surface area contributed by atoms with Crippen LogP contribution in [0.15, 0.2) is 97.1 Å². The average molecular weight is 621 g/mol. The Kier molecular flexibility index (Phi) is 10.2. The van der Waals surface area contributed by atoms with Crippen molar-refractivity contribution >= 4 is 5.91 Å². The van der Waals surface area contributed by atoms with Crippen molar-refractivity contribution in [1.82, 2.24) is 20.4 Å². The van der Waals surface area contributed by atoms with E-state index in [2.05, 4.69) is 82.9 Å². The minimum absolute atomic E-state index is 0.120. The van der Waals surface area contributed by atoms with E-state index in [-0.39, 0.29) is 11.7 Å². The number of nitrogens with zero attached hydrogens (tertiary/aromatic N) is 3. The zero-order valence-corrected chi connectivity index (χ0v) is 27.2. The van der Waals surface area contributed by atoms with Crippen molar-refractivity contribution in [1.29, 1.82) is 0 Å². The van der Waals surface area contributed by atoms with Crippen LogP contribution < -0.4 is 10.6 Å². The molecule has 2 fully saturated rings. The van der Waals surface area contributed by atoms with Gasteiger partial charge in [0, 0.05) is 75.1 Å². The highest BCUT2D eigenvalue weighted by Crippen LogP contribution is 2.26. The van der Waals surface area contributed by atoms with Gasteiger partial charge < -0.3 is 15.1 Å². The lowest BCUT2D eigenvalue weighted by Crippen LogP contribution is -2.56. The molecule has 0 saturated carbocycles. The van der Waals surface area contributed by atoms with E-state index in [1.165, 1.54) is 17.2 Å². The molecule has 0 aromatic heterocycles. The van der Waals surface area contributed by atoms with Crippen LogP contribution in [0.3, 0.4) is 0 Å². The maximum atomic E-state index is 15.0. The Labute approximate surface area is 273 Å². The van der Waals surface area contributed by atoms with Gasteiger partial charge in [0.1, 0.15) is 12.4 Å². The summed E-state index contributed by atoms with van der Waals surface area (Å²) in [6.07, 6.45) is 0. The number of amides is 1. The number of halogens is 1. The number of hydrogen-bond acceptors (Lipinski definition) is 4. The predicted octanol–water partition coefficient (Wildman–Crippen LogP) is 5.68. The lowest BCUT2D eigenvalue weighted by atomic mass is 10.00. The van der Waals surface area contributed by atoms with Gasteiger partial charge in [-0.05, 0) is 59.5 Å². The van der Waals surface area contributed by atoms with Crippen molar-refractivity contribution in [3.8, 4) is 11.1 Å². The second-order valence-electron chi connectivity index (χ2n) is 13.5. The van der Waals surface area contributed by atoms with Crippen LogP contribution in [0.1, 0.15) is 39.5 Å². The second kappa shape index (κ2) is 14.7. The monoisotopic (exact) mass is 620 g/mol. The summed E-state index contributed by atoms with van der Waals surface area (Å²) in [5.74, 6) is -0.377. The smallest absolute Gasteiger partial charge is 0.251 e. The van der Waals surface area contributed by atoms with Crippen LogP contribution in [-0.4, -0.2) is 79.1 Å². The molecule has 0 bridgehead atoms. The third kappa shape index (κ3) is 8.47. The van der Waals surface area contributed by atoms with Gasteiger partial charge in [0.15, 0.2) is 0 Å². The standard InChI is InChI=1S/C39H46FN5O/c1-30-26-44(17-16-41-30)28-33-10-6-12-35(22-33)37-24-32(14-15-38(37)40)25-42-39(46)36-13-7-11-34(23-36)27-43-18-20-45(2,21-19-43)29-31-8-4-3-5-9-31/h3-15,22-24,30,41H,16-21,25-29H2,1-2H3/p+1. The van der Waals surface area contributed by atoms with Crippen LogP contribution in [0.4, 0.5) is 4.39 Å². The molecule has 2 heterocycles. The quantitative estimate of drug-likeness (QED) is 0.224. The number of carbonyl (C=O) groups excluding carboxylic acids is 1. The van der Waals surface area contributed by atoms with E-state index >= 15 is 4.39 Å². The van der Waals surface area contributed by atoms with Crippen LogP contribution in [-0.2, 0) is 26.2 Å². The van der Waals surface area contributed by atoms with Gasteiger partial charge in [-0.2, -0.15) is 0 Å². The van der Waals surface area contributed by atoms with E-state index in [9.17, 15) is 4.79 Å². The SMILES string of the molecule is CC1CN(Cc2cccc(-c3cc(CNC(=O)c4cccc(CN5CC[N+](C)(Cc6ccccc6)CC5)c4)ccc3F)c2)CCN1. The zero-order chi connectivity index (χ0) is 31.9. The first-order valence-electron chi connectivity index (χ1n) is 16.6. The van der Waals surface area contributed by atoms with E-state index in [4.69, 9.17) is 0 Å². The number of likely N-dealkylation sites (N-methyl/N-ethyl adjacent to an activating group) is 1. The fraction of sp³-hybridized carbons (Fsp3) is 0.359. The van der Waals surface area contributed by atoms with E-state index in [0.29, 0.717) is 23.7 Å². The number of quaternary nitrogens is 1. The largest absolute Gasteiger partial charge is 0.348 e. The molecule has 240 valence electrons. The number of carbonyl (C=O) groups is 1. The van der Waals surface area contributed by atoms with Gasteiger partial charge in [0.05, 0.1) is 20.1 Å². The summed E-state index contributed by atoms with van der Waals surface area (Å²) < 4.78 is 16.1. The molecule has 2 saturated heterocycles. The van der Waals surface area contributed by atoms with Crippen LogP contribution in [0, 0.1) is 5.82 Å². The topological polar surface area (TPSA) is 47.6 Å². The normalized spacial score (nSPS) is 18.7. The van der Waals surface area contributed by atoms with E-state index in [1.807, 2.05) is 36.4 Å². The van der Waals surface area contributed by atoms with Gasteiger partial charge in [-0.1, -0.05) is 66.7 Å². The van der Waals surface area contributed by atoms with Crippen LogP contribution in [0.5, 0.6) is 0 Å². The van der Waals surface area contributed by atoms with Gasteiger partial charge in [0.25, 0.3) is 5.91 Å². The van der Waals surface area contributed by atoms with Gasteiger partial charge in [-0.15, -0.1) is 0 Å². The van der Waals surface area contributed by atoms with E-state index in [0.717, 1.165) is 86.6 Å². The number of rotatable bonds is 10. The first-order chi connectivity index (χ1) is 22.3. The van der Waals surface area contributed by atoms with Gasteiger partial charge >= 0.3 is 0 Å². The van der Waals surface area contributed by atoms with Crippen molar-refractivity contribution in [2.24, 2.45) is 0 Å². The number of piperazine rings is 2. The summed E-state index contributed by atoms with van der Waals surface area (Å²) >= 11 is 0. The first kappa shape index (κ1) is 32.1. The molecule has 2 aliphatic heterocycles. The van der Waals surface area contributed by atoms with Crippen molar-refractivity contribution in [3.05, 3.63) is 131 Å². The number of nitrogens with one attached hydrogen (secondary N) is 2. The number of benzene rings is 4. The molecule has 0 radical (unpaired) electrons. The Hall–Kier alpha value is -3.88. The van der Waals surface area contributed by atoms with Crippen molar-refractivity contribution in [2.75, 3.05) is 52.9 Å². The number of hydrogen-bond donors (Lipinski definition) is 2. The Morgan fingerprint density at radius 3 is 2.33 bits per heavy atom. The molecule has 6 nitrogen and oxygen atoms in total. The maximum absolute atomic E-state index is 15.0. The summed E-state index contributed by atoms with van der Waals surface area (Å²) in [7, 11) is 2.35. The molecule has 2 N–H and O–H groups in total. The minimum atomic E-state index is -0.257. The van der Waals surface area contributed by atoms with Crippen molar-refractivity contribution < 1.29 is 13.7 Å². The lowest BCUT2D eigenvalue weighted by molar-refractivity contribution is -0.926. The Morgan fingerprint density at radius 1 is 0.826 bits per heavy atom. The Balaban J connectivity index is 1.03. The summed E-state index contributed by atoms with van der Waals surface area (Å²) in [5.41, 5.74) is 6.64.